The van der Waals surface area contributed by atoms with Crippen molar-refractivity contribution < 1.29 is 18.3 Å². The summed E-state index contributed by atoms with van der Waals surface area (Å²) in [6.45, 7) is 2.16. The number of nitrogens with zero attached hydrogens (tertiary/aromatic N) is 1. The van der Waals surface area contributed by atoms with E-state index in [1.165, 1.54) is 6.20 Å². The van der Waals surface area contributed by atoms with Crippen LogP contribution in [0.5, 0.6) is 0 Å². The van der Waals surface area contributed by atoms with Gasteiger partial charge in [-0.1, -0.05) is 13.0 Å². The second-order valence-corrected chi connectivity index (χ2v) is 8.86. The van der Waals surface area contributed by atoms with Crippen LogP contribution in [0.15, 0.2) is 41.4 Å². The number of nitrogens with two attached hydrogens (primary N) is 1. The molecule has 27 heavy (non-hydrogen) atoms. The number of aliphatic hydroxyl groups is 1. The van der Waals surface area contributed by atoms with E-state index in [4.69, 9.17) is 5.73 Å². The molecule has 0 radical (unpaired) electrons. The topological polar surface area (TPSA) is 122 Å². The van der Waals surface area contributed by atoms with E-state index in [-0.39, 0.29) is 29.2 Å². The molecule has 3 rings (SSSR count). The third-order valence-corrected chi connectivity index (χ3v) is 6.72. The minimum absolute atomic E-state index is 0.0196. The van der Waals surface area contributed by atoms with Crippen molar-refractivity contribution >= 4 is 15.7 Å². The predicted octanol–water partition coefficient (Wildman–Crippen LogP) is 1.28. The molecule has 1 amide bonds. The second kappa shape index (κ2) is 7.75. The van der Waals surface area contributed by atoms with E-state index in [1.807, 2.05) is 6.07 Å². The summed E-state index contributed by atoms with van der Waals surface area (Å²) < 4.78 is 24.0. The lowest BCUT2D eigenvalue weighted by Gasteiger charge is -2.24. The highest BCUT2D eigenvalue weighted by Crippen LogP contribution is 2.38. The Bertz CT molecular complexity index is 942. The van der Waals surface area contributed by atoms with Gasteiger partial charge in [0.25, 0.3) is 0 Å². The smallest absolute Gasteiger partial charge is 0.248 e. The predicted molar refractivity (Wildman–Crippen MR) is 101 cm³/mol. The molecule has 2 heterocycles. The number of rotatable bonds is 7. The van der Waals surface area contributed by atoms with Gasteiger partial charge in [-0.15, -0.1) is 0 Å². The number of aliphatic hydroxyl groups excluding tert-OH is 1. The van der Waals surface area contributed by atoms with Crippen molar-refractivity contribution in [1.82, 2.24) is 10.3 Å². The Labute approximate surface area is 158 Å². The van der Waals surface area contributed by atoms with E-state index in [0.29, 0.717) is 24.2 Å². The number of sulfone groups is 1. The number of hydrogen-bond donors (Lipinski definition) is 3. The lowest BCUT2D eigenvalue weighted by Crippen LogP contribution is -2.22. The van der Waals surface area contributed by atoms with Crippen molar-refractivity contribution in [1.29, 1.82) is 0 Å². The zero-order chi connectivity index (χ0) is 19.6. The Balaban J connectivity index is 1.93. The normalized spacial score (nSPS) is 17.5. The molecular formula is C19H23N3O4S. The fourth-order valence-electron chi connectivity index (χ4n) is 3.49. The van der Waals surface area contributed by atoms with Crippen LogP contribution in [0.2, 0.25) is 0 Å². The summed E-state index contributed by atoms with van der Waals surface area (Å²) in [6, 6.07) is 8.54. The first-order valence-corrected chi connectivity index (χ1v) is 10.5. The van der Waals surface area contributed by atoms with Gasteiger partial charge in [0.2, 0.25) is 5.91 Å². The fourth-order valence-corrected chi connectivity index (χ4v) is 4.31. The first-order chi connectivity index (χ1) is 12.9. The van der Waals surface area contributed by atoms with Crippen LogP contribution in [-0.2, 0) is 16.4 Å². The van der Waals surface area contributed by atoms with Crippen LogP contribution >= 0.6 is 0 Å². The zero-order valence-electron chi connectivity index (χ0n) is 15.1. The summed E-state index contributed by atoms with van der Waals surface area (Å²) in [6.07, 6.45) is 1.85. The van der Waals surface area contributed by atoms with Crippen molar-refractivity contribution in [3.8, 4) is 0 Å². The first-order valence-electron chi connectivity index (χ1n) is 8.83. The van der Waals surface area contributed by atoms with Gasteiger partial charge in [0.05, 0.1) is 10.6 Å². The molecule has 0 fully saturated rings. The molecule has 2 aromatic rings. The molecule has 1 aromatic heterocycles. The van der Waals surface area contributed by atoms with Gasteiger partial charge < -0.3 is 16.2 Å². The average Bonchev–Trinajstić information content (AvgIpc) is 3.09. The number of fused-ring (bicyclic) bond motifs is 1. The number of amides is 1. The van der Waals surface area contributed by atoms with Crippen LogP contribution < -0.4 is 11.1 Å². The van der Waals surface area contributed by atoms with Crippen molar-refractivity contribution in [3.63, 3.8) is 0 Å². The molecule has 0 bridgehead atoms. The monoisotopic (exact) mass is 389 g/mol. The van der Waals surface area contributed by atoms with E-state index in [0.717, 1.165) is 11.1 Å². The highest BCUT2D eigenvalue weighted by molar-refractivity contribution is 7.91. The van der Waals surface area contributed by atoms with Gasteiger partial charge in [0, 0.05) is 42.6 Å². The molecule has 1 aliphatic rings. The molecule has 0 saturated heterocycles. The van der Waals surface area contributed by atoms with E-state index >= 15 is 0 Å². The van der Waals surface area contributed by atoms with E-state index in [9.17, 15) is 18.3 Å². The highest BCUT2D eigenvalue weighted by Gasteiger charge is 2.31. The number of aromatic nitrogens is 1. The van der Waals surface area contributed by atoms with Crippen molar-refractivity contribution in [2.45, 2.75) is 36.7 Å². The molecule has 1 aliphatic heterocycles. The molecule has 0 spiro atoms. The molecule has 0 aliphatic carbocycles. The van der Waals surface area contributed by atoms with Crippen LogP contribution in [0.25, 0.3) is 0 Å². The molecule has 4 N–H and O–H groups in total. The number of hydrogen-bond acceptors (Lipinski definition) is 6. The third-order valence-electron chi connectivity index (χ3n) is 5.00. The SMILES string of the molecule is CCS(=O)(=O)c1ccc([C@@H](CCO)C2NCc3cc(C(N)=O)ccc32)nc1. The van der Waals surface area contributed by atoms with Gasteiger partial charge in [-0.2, -0.15) is 0 Å². The summed E-state index contributed by atoms with van der Waals surface area (Å²) in [5.74, 6) is -0.579. The summed E-state index contributed by atoms with van der Waals surface area (Å²) in [5.41, 5.74) is 8.55. The quantitative estimate of drug-likeness (QED) is 0.656. The second-order valence-electron chi connectivity index (χ2n) is 6.58. The van der Waals surface area contributed by atoms with E-state index in [2.05, 4.69) is 10.3 Å². The molecule has 0 saturated carbocycles. The van der Waals surface area contributed by atoms with Crippen molar-refractivity contribution in [2.24, 2.45) is 5.73 Å². The zero-order valence-corrected chi connectivity index (χ0v) is 15.9. The Hall–Kier alpha value is -2.29. The number of carbonyl (C=O) groups is 1. The Morgan fingerprint density at radius 1 is 1.37 bits per heavy atom. The standard InChI is InChI=1S/C19H23N3O4S/c1-2-27(25,26)14-4-6-17(21-11-14)16(7-8-23)18-15-5-3-12(19(20)24)9-13(15)10-22-18/h3-6,9,11,16,18,22-23H,2,7-8,10H2,1H3,(H2,20,24)/t16-,18?/m1/s1. The minimum Gasteiger partial charge on any atom is -0.396 e. The Morgan fingerprint density at radius 3 is 2.74 bits per heavy atom. The summed E-state index contributed by atoms with van der Waals surface area (Å²) in [5, 5.41) is 12.9. The maximum atomic E-state index is 12.0. The van der Waals surface area contributed by atoms with Crippen LogP contribution in [0, 0.1) is 0 Å². The van der Waals surface area contributed by atoms with Crippen LogP contribution in [0.4, 0.5) is 0 Å². The van der Waals surface area contributed by atoms with Gasteiger partial charge >= 0.3 is 0 Å². The highest BCUT2D eigenvalue weighted by atomic mass is 32.2. The summed E-state index contributed by atoms with van der Waals surface area (Å²) >= 11 is 0. The number of carbonyl (C=O) groups excluding carboxylic acids is 1. The molecule has 1 aromatic carbocycles. The number of pyridine rings is 1. The number of nitrogens with one attached hydrogen (secondary N) is 1. The largest absolute Gasteiger partial charge is 0.396 e. The average molecular weight is 389 g/mol. The molecule has 2 atom stereocenters. The third kappa shape index (κ3) is 3.87. The van der Waals surface area contributed by atoms with Crippen molar-refractivity contribution in [2.75, 3.05) is 12.4 Å². The van der Waals surface area contributed by atoms with Crippen LogP contribution in [0.1, 0.15) is 52.5 Å². The molecule has 1 unspecified atom stereocenters. The Kier molecular flexibility index (Phi) is 5.59. The number of primary amides is 1. The maximum Gasteiger partial charge on any atom is 0.248 e. The van der Waals surface area contributed by atoms with Crippen LogP contribution in [-0.4, -0.2) is 36.8 Å². The van der Waals surface area contributed by atoms with Crippen molar-refractivity contribution in [3.05, 3.63) is 58.9 Å². The summed E-state index contributed by atoms with van der Waals surface area (Å²) in [4.78, 5) is 16.0. The van der Waals surface area contributed by atoms with E-state index < -0.39 is 15.7 Å². The summed E-state index contributed by atoms with van der Waals surface area (Å²) in [7, 11) is -3.30. The van der Waals surface area contributed by atoms with Gasteiger partial charge in [-0.05, 0) is 41.8 Å². The lowest BCUT2D eigenvalue weighted by molar-refractivity contribution is 0.1000. The minimum atomic E-state index is -3.30. The van der Waals surface area contributed by atoms with Gasteiger partial charge in [-0.25, -0.2) is 8.42 Å². The molecular weight excluding hydrogens is 366 g/mol. The van der Waals surface area contributed by atoms with Gasteiger partial charge in [0.15, 0.2) is 9.84 Å². The molecule has 7 nitrogen and oxygen atoms in total. The maximum absolute atomic E-state index is 12.0. The fraction of sp³-hybridized carbons (Fsp3) is 0.368. The van der Waals surface area contributed by atoms with Gasteiger partial charge in [0.1, 0.15) is 0 Å². The van der Waals surface area contributed by atoms with E-state index in [1.54, 1.807) is 31.2 Å². The first kappa shape index (κ1) is 19.5. The molecule has 8 heteroatoms. The Morgan fingerprint density at radius 2 is 2.15 bits per heavy atom. The van der Waals surface area contributed by atoms with Gasteiger partial charge in [-0.3, -0.25) is 9.78 Å². The lowest BCUT2D eigenvalue weighted by atomic mass is 9.87. The van der Waals surface area contributed by atoms with Crippen LogP contribution in [0.3, 0.4) is 0 Å². The number of benzene rings is 1. The molecule has 144 valence electrons.